The normalized spacial score (nSPS) is 10.4. The van der Waals surface area contributed by atoms with Crippen molar-refractivity contribution in [3.05, 3.63) is 71.4 Å². The van der Waals surface area contributed by atoms with Gasteiger partial charge in [0.1, 0.15) is 6.29 Å². The van der Waals surface area contributed by atoms with Crippen molar-refractivity contribution in [1.29, 1.82) is 0 Å². The van der Waals surface area contributed by atoms with E-state index in [-0.39, 0.29) is 6.61 Å². The van der Waals surface area contributed by atoms with Gasteiger partial charge in [-0.2, -0.15) is 0 Å². The standard InChI is InChI=1S/C11H12N2O2.C11H10N2O2/c2*1-2-10-12-13-11(15-10)9-5-3-8(7-14)4-6-9/h3-6,14H,2,7H2,1H3;3-7H,2H2,1H3. The fourth-order valence-corrected chi connectivity index (χ4v) is 2.48. The zero-order valence-electron chi connectivity index (χ0n) is 16.8. The summed E-state index contributed by atoms with van der Waals surface area (Å²) in [7, 11) is 0. The zero-order valence-corrected chi connectivity index (χ0v) is 16.8. The van der Waals surface area contributed by atoms with Crippen LogP contribution in [0.5, 0.6) is 0 Å². The quantitative estimate of drug-likeness (QED) is 0.479. The molecule has 0 aliphatic rings. The summed E-state index contributed by atoms with van der Waals surface area (Å²) in [6, 6.07) is 14.4. The number of carbonyl (C=O) groups is 1. The van der Waals surface area contributed by atoms with Gasteiger partial charge in [0.15, 0.2) is 0 Å². The van der Waals surface area contributed by atoms with Crippen LogP contribution in [-0.4, -0.2) is 31.8 Å². The van der Waals surface area contributed by atoms with Crippen molar-refractivity contribution in [2.45, 2.75) is 33.3 Å². The van der Waals surface area contributed by atoms with Crippen molar-refractivity contribution >= 4 is 6.29 Å². The minimum Gasteiger partial charge on any atom is -0.421 e. The van der Waals surface area contributed by atoms with Gasteiger partial charge in [-0.15, -0.1) is 20.4 Å². The number of hydrogen-bond donors (Lipinski definition) is 1. The Balaban J connectivity index is 0.000000171. The second kappa shape index (κ2) is 10.2. The molecule has 4 aromatic rings. The Morgan fingerprint density at radius 1 is 0.767 bits per heavy atom. The van der Waals surface area contributed by atoms with Gasteiger partial charge < -0.3 is 13.9 Å². The summed E-state index contributed by atoms with van der Waals surface area (Å²) >= 11 is 0. The minimum absolute atomic E-state index is 0.0460. The molecule has 0 bridgehead atoms. The first-order valence-corrected chi connectivity index (χ1v) is 9.57. The molecule has 0 radical (unpaired) electrons. The van der Waals surface area contributed by atoms with E-state index in [2.05, 4.69) is 20.4 Å². The summed E-state index contributed by atoms with van der Waals surface area (Å²) in [5, 5.41) is 24.5. The monoisotopic (exact) mass is 406 g/mol. The van der Waals surface area contributed by atoms with Crippen molar-refractivity contribution in [2.75, 3.05) is 0 Å². The summed E-state index contributed by atoms with van der Waals surface area (Å²) < 4.78 is 10.8. The molecular weight excluding hydrogens is 384 g/mol. The number of aliphatic hydroxyl groups is 1. The van der Waals surface area contributed by atoms with Gasteiger partial charge in [-0.3, -0.25) is 4.79 Å². The topological polar surface area (TPSA) is 115 Å². The molecule has 0 aliphatic heterocycles. The van der Waals surface area contributed by atoms with E-state index in [1.54, 1.807) is 24.3 Å². The zero-order chi connectivity index (χ0) is 21.3. The average Bonchev–Trinajstić information content (AvgIpc) is 3.49. The Morgan fingerprint density at radius 3 is 1.60 bits per heavy atom. The molecule has 0 aliphatic carbocycles. The lowest BCUT2D eigenvalue weighted by molar-refractivity contribution is 0.112. The maximum Gasteiger partial charge on any atom is 0.247 e. The lowest BCUT2D eigenvalue weighted by Crippen LogP contribution is -1.83. The second-order valence-electron chi connectivity index (χ2n) is 6.30. The predicted octanol–water partition coefficient (Wildman–Crippen LogP) is 3.90. The van der Waals surface area contributed by atoms with Crippen LogP contribution in [-0.2, 0) is 19.4 Å². The third-order valence-corrected chi connectivity index (χ3v) is 4.22. The first kappa shape index (κ1) is 21.1. The molecule has 1 N–H and O–H groups in total. The SMILES string of the molecule is CCc1nnc(-c2ccc(C=O)cc2)o1.CCc1nnc(-c2ccc(CO)cc2)o1. The molecule has 2 heterocycles. The van der Waals surface area contributed by atoms with Gasteiger partial charge >= 0.3 is 0 Å². The predicted molar refractivity (Wildman–Crippen MR) is 110 cm³/mol. The number of rotatable bonds is 6. The summed E-state index contributed by atoms with van der Waals surface area (Å²) in [6.45, 7) is 3.96. The summed E-state index contributed by atoms with van der Waals surface area (Å²) in [6.07, 6.45) is 2.26. The highest BCUT2D eigenvalue weighted by molar-refractivity contribution is 5.75. The molecule has 0 spiro atoms. The van der Waals surface area contributed by atoms with E-state index in [0.29, 0.717) is 29.1 Å². The molecule has 0 fully saturated rings. The number of hydrogen-bond acceptors (Lipinski definition) is 8. The lowest BCUT2D eigenvalue weighted by atomic mass is 10.1. The van der Waals surface area contributed by atoms with E-state index < -0.39 is 0 Å². The number of aldehydes is 1. The molecule has 0 atom stereocenters. The largest absolute Gasteiger partial charge is 0.421 e. The van der Waals surface area contributed by atoms with E-state index in [9.17, 15) is 4.79 Å². The Morgan fingerprint density at radius 2 is 1.23 bits per heavy atom. The molecule has 0 saturated heterocycles. The molecule has 0 unspecified atom stereocenters. The number of aromatic nitrogens is 4. The highest BCUT2D eigenvalue weighted by Crippen LogP contribution is 2.19. The molecule has 8 nitrogen and oxygen atoms in total. The van der Waals surface area contributed by atoms with E-state index >= 15 is 0 Å². The van der Waals surface area contributed by atoms with Crippen LogP contribution in [0, 0.1) is 0 Å². The van der Waals surface area contributed by atoms with Gasteiger partial charge in [0.05, 0.1) is 6.61 Å². The Labute approximate surface area is 173 Å². The van der Waals surface area contributed by atoms with Crippen LogP contribution in [0.2, 0.25) is 0 Å². The van der Waals surface area contributed by atoms with Crippen LogP contribution in [0.1, 0.15) is 41.6 Å². The first-order valence-electron chi connectivity index (χ1n) is 9.57. The average molecular weight is 406 g/mol. The van der Waals surface area contributed by atoms with Crippen LogP contribution in [0.15, 0.2) is 57.4 Å². The van der Waals surface area contributed by atoms with Gasteiger partial charge in [-0.1, -0.05) is 38.1 Å². The molecule has 2 aromatic carbocycles. The summed E-state index contributed by atoms with van der Waals surface area (Å²) in [5.74, 6) is 2.27. The number of aliphatic hydroxyl groups excluding tert-OH is 1. The van der Waals surface area contributed by atoms with Gasteiger partial charge in [0.2, 0.25) is 23.6 Å². The second-order valence-corrected chi connectivity index (χ2v) is 6.30. The highest BCUT2D eigenvalue weighted by Gasteiger charge is 2.07. The Bertz CT molecular complexity index is 1070. The number of aryl methyl sites for hydroxylation is 2. The van der Waals surface area contributed by atoms with Crippen LogP contribution < -0.4 is 0 Å². The van der Waals surface area contributed by atoms with Crippen molar-refractivity contribution < 1.29 is 18.7 Å². The summed E-state index contributed by atoms with van der Waals surface area (Å²) in [4.78, 5) is 10.5. The molecule has 2 aromatic heterocycles. The molecule has 0 saturated carbocycles. The van der Waals surface area contributed by atoms with Crippen molar-refractivity contribution in [1.82, 2.24) is 20.4 Å². The maximum absolute atomic E-state index is 10.5. The summed E-state index contributed by atoms with van der Waals surface area (Å²) in [5.41, 5.74) is 3.20. The maximum atomic E-state index is 10.5. The van der Waals surface area contributed by atoms with E-state index in [1.165, 1.54) is 0 Å². The minimum atomic E-state index is 0.0460. The van der Waals surface area contributed by atoms with Gasteiger partial charge in [-0.05, 0) is 29.8 Å². The van der Waals surface area contributed by atoms with Crippen molar-refractivity contribution in [2.24, 2.45) is 0 Å². The molecule has 30 heavy (non-hydrogen) atoms. The smallest absolute Gasteiger partial charge is 0.247 e. The number of nitrogens with zero attached hydrogens (tertiary/aromatic N) is 4. The van der Waals surface area contributed by atoms with Crippen LogP contribution in [0.3, 0.4) is 0 Å². The molecule has 0 amide bonds. The first-order chi connectivity index (χ1) is 14.7. The fourth-order valence-electron chi connectivity index (χ4n) is 2.48. The van der Waals surface area contributed by atoms with Crippen LogP contribution in [0.25, 0.3) is 22.9 Å². The molecular formula is C22H22N4O4. The van der Waals surface area contributed by atoms with Crippen molar-refractivity contribution in [3.8, 4) is 22.9 Å². The molecule has 154 valence electrons. The van der Waals surface area contributed by atoms with E-state index in [4.69, 9.17) is 13.9 Å². The van der Waals surface area contributed by atoms with E-state index in [1.807, 2.05) is 38.1 Å². The van der Waals surface area contributed by atoms with Crippen LogP contribution >= 0.6 is 0 Å². The van der Waals surface area contributed by atoms with E-state index in [0.717, 1.165) is 35.8 Å². The molecule has 8 heteroatoms. The lowest BCUT2D eigenvalue weighted by Gasteiger charge is -1.96. The third-order valence-electron chi connectivity index (χ3n) is 4.22. The fraction of sp³-hybridized carbons (Fsp3) is 0.227. The Kier molecular flexibility index (Phi) is 7.18. The van der Waals surface area contributed by atoms with Gasteiger partial charge in [0, 0.05) is 29.5 Å². The van der Waals surface area contributed by atoms with Gasteiger partial charge in [-0.25, -0.2) is 0 Å². The van der Waals surface area contributed by atoms with Crippen molar-refractivity contribution in [3.63, 3.8) is 0 Å². The van der Waals surface area contributed by atoms with Crippen LogP contribution in [0.4, 0.5) is 0 Å². The Hall–Kier alpha value is -3.65. The molecule has 4 rings (SSSR count). The number of benzene rings is 2. The van der Waals surface area contributed by atoms with Gasteiger partial charge in [0.25, 0.3) is 0 Å². The number of carbonyl (C=O) groups excluding carboxylic acids is 1. The third kappa shape index (κ3) is 5.24. The highest BCUT2D eigenvalue weighted by atomic mass is 16.4.